The fourth-order valence-corrected chi connectivity index (χ4v) is 9.48. The molecule has 1 aliphatic carbocycles. The van der Waals surface area contributed by atoms with Gasteiger partial charge in [-0.2, -0.15) is 0 Å². The molecule has 6 rings (SSSR count). The highest BCUT2D eigenvalue weighted by Crippen LogP contribution is 2.45. The Morgan fingerprint density at radius 2 is 1.41 bits per heavy atom. The number of aliphatic carboxylic acids is 4. The first-order valence-corrected chi connectivity index (χ1v) is 23.2. The molecule has 8 bridgehead atoms. The summed E-state index contributed by atoms with van der Waals surface area (Å²) >= 11 is 0. The molecular formula is C46H52N7O14P. The minimum atomic E-state index is -5.05. The predicted molar refractivity (Wildman–Crippen MR) is 249 cm³/mol. The molecule has 360 valence electrons. The van der Waals surface area contributed by atoms with Crippen molar-refractivity contribution in [1.29, 1.82) is 0 Å². The summed E-state index contributed by atoms with van der Waals surface area (Å²) in [6.45, 7) is 12.7. The smallest absolute Gasteiger partial charge is 0.403 e. The molecule has 0 radical (unpaired) electrons. The lowest BCUT2D eigenvalue weighted by Gasteiger charge is -2.21. The first kappa shape index (κ1) is 50.4. The highest BCUT2D eigenvalue weighted by molar-refractivity contribution is 7.50. The molecule has 2 amide bonds. The quantitative estimate of drug-likeness (QED) is 0.0791. The molecule has 4 atom stereocenters. The Morgan fingerprint density at radius 3 is 2.04 bits per heavy atom. The number of aliphatic imine (C=N–C) groups is 3. The molecule has 1 aromatic heterocycles. The molecule has 1 aromatic rings. The van der Waals surface area contributed by atoms with Crippen LogP contribution >= 0.6 is 7.75 Å². The van der Waals surface area contributed by atoms with Crippen LogP contribution in [0, 0.1) is 6.92 Å². The van der Waals surface area contributed by atoms with Crippen LogP contribution in [-0.4, -0.2) is 113 Å². The maximum absolute atomic E-state index is 13.5. The fraction of sp³-hybridized carbons (Fsp3) is 0.370. The number of aromatic nitrogens is 1. The average Bonchev–Trinajstić information content (AvgIpc) is 4.02. The van der Waals surface area contributed by atoms with E-state index in [-0.39, 0.29) is 25.0 Å². The summed E-state index contributed by atoms with van der Waals surface area (Å²) in [5.41, 5.74) is 11.1. The monoisotopic (exact) mass is 957 g/mol. The molecule has 22 heteroatoms. The number of rotatable bonds is 21. The SMILES string of the molecule is C=Cc1c(C)c2[nH]c1=CC1=NC(=CC3=C(C)C4=C(O)CC(=C5N=C(C=2)C(C)=C5CCC(=O)N[C@@H](CCC(=O)N[C@@H](COP(=O)(O)N[C@@H](CCC(=O)O)C(=O)O)C(=O)O)C(=O)O)C4=N3)C(CC)=C1C. The lowest BCUT2D eigenvalue weighted by atomic mass is 9.95. The summed E-state index contributed by atoms with van der Waals surface area (Å²) in [6.07, 6.45) is 5.88. The van der Waals surface area contributed by atoms with Crippen molar-refractivity contribution >= 4 is 78.8 Å². The van der Waals surface area contributed by atoms with E-state index < -0.39 is 93.9 Å². The number of carbonyl (C=O) groups is 6. The third-order valence-electron chi connectivity index (χ3n) is 12.1. The zero-order valence-corrected chi connectivity index (χ0v) is 38.7. The van der Waals surface area contributed by atoms with Crippen molar-refractivity contribution in [3.05, 3.63) is 96.3 Å². The van der Waals surface area contributed by atoms with E-state index in [1.165, 1.54) is 0 Å². The standard InChI is InChI=1S/C46H52N7O14P/c1-7-24-20(3)30-16-32-22(5)26(42(51-32)27-15-37(54)41-23(6)33(52-43(27)41)18-35-25(8-2)21(4)31(48-35)17-34(24)47-30)9-12-38(55)49-28(44(59)60)10-13-39(56)50-36(46(63)64)19-67-68(65,66)53-29(45(61)62)11-14-40(57)58/h7,16-18,28-29,36,47,54H,1,8-15,19H2,2-6H3,(H,49,55)(H,50,56)(H,57,58)(H,59,60)(H,61,62)(H,63,64)(H2,53,65,66)/t28-,29-,36-/m0/s1. The summed E-state index contributed by atoms with van der Waals surface area (Å²) in [7, 11) is -5.05. The van der Waals surface area contributed by atoms with E-state index in [4.69, 9.17) is 20.1 Å². The minimum absolute atomic E-state index is 0.0786. The van der Waals surface area contributed by atoms with E-state index in [9.17, 15) is 58.7 Å². The Kier molecular flexibility index (Phi) is 15.1. The summed E-state index contributed by atoms with van der Waals surface area (Å²) in [6, 6.07) is -5.41. The fourth-order valence-electron chi connectivity index (χ4n) is 8.42. The molecule has 0 saturated carbocycles. The number of carbonyl (C=O) groups excluding carboxylic acids is 2. The molecule has 1 unspecified atom stereocenters. The lowest BCUT2D eigenvalue weighted by molar-refractivity contribution is -0.144. The zero-order valence-electron chi connectivity index (χ0n) is 37.9. The van der Waals surface area contributed by atoms with E-state index in [0.717, 1.165) is 61.9 Å². The Balaban J connectivity index is 1.19. The molecular weight excluding hydrogens is 906 g/mol. The third kappa shape index (κ3) is 10.9. The first-order valence-electron chi connectivity index (χ1n) is 21.6. The van der Waals surface area contributed by atoms with Gasteiger partial charge in [0.2, 0.25) is 11.8 Å². The summed E-state index contributed by atoms with van der Waals surface area (Å²) in [5, 5.41) is 56.8. The molecule has 68 heavy (non-hydrogen) atoms. The van der Waals surface area contributed by atoms with Crippen molar-refractivity contribution in [2.24, 2.45) is 15.0 Å². The lowest BCUT2D eigenvalue weighted by Crippen LogP contribution is -2.46. The van der Waals surface area contributed by atoms with Crippen LogP contribution in [0.4, 0.5) is 0 Å². The van der Waals surface area contributed by atoms with Gasteiger partial charge < -0.3 is 46.0 Å². The van der Waals surface area contributed by atoms with Crippen molar-refractivity contribution in [1.82, 2.24) is 20.7 Å². The summed E-state index contributed by atoms with van der Waals surface area (Å²) in [5.74, 6) is -7.86. The number of aliphatic hydroxyl groups is 1. The predicted octanol–water partition coefficient (Wildman–Crippen LogP) is 3.30. The van der Waals surface area contributed by atoms with E-state index in [1.807, 2.05) is 51.2 Å². The number of amides is 2. The van der Waals surface area contributed by atoms with Crippen LogP contribution in [0.25, 0.3) is 18.2 Å². The van der Waals surface area contributed by atoms with Crippen LogP contribution in [0.15, 0.2) is 89.5 Å². The van der Waals surface area contributed by atoms with Crippen molar-refractivity contribution in [2.45, 2.75) is 104 Å². The van der Waals surface area contributed by atoms with E-state index in [2.05, 4.69) is 28.3 Å². The van der Waals surface area contributed by atoms with Crippen LogP contribution in [0.1, 0.15) is 90.2 Å². The number of hydrogen-bond donors (Lipinski definition) is 10. The summed E-state index contributed by atoms with van der Waals surface area (Å²) < 4.78 is 17.1. The molecule has 10 N–H and O–H groups in total. The van der Waals surface area contributed by atoms with Crippen LogP contribution < -0.4 is 26.4 Å². The van der Waals surface area contributed by atoms with E-state index >= 15 is 0 Å². The maximum Gasteiger partial charge on any atom is 0.403 e. The molecule has 0 spiro atoms. The highest BCUT2D eigenvalue weighted by Gasteiger charge is 2.38. The number of nitrogens with one attached hydrogen (secondary N) is 4. The third-order valence-corrected chi connectivity index (χ3v) is 13.3. The molecule has 4 aliphatic heterocycles. The van der Waals surface area contributed by atoms with Gasteiger partial charge in [-0.05, 0) is 105 Å². The normalized spacial score (nSPS) is 18.5. The average molecular weight is 958 g/mol. The number of aliphatic hydroxyl groups excluding tert-OH is 1. The molecule has 0 aromatic carbocycles. The van der Waals surface area contributed by atoms with Crippen LogP contribution in [-0.2, 0) is 37.9 Å². The molecule has 21 nitrogen and oxygen atoms in total. The first-order chi connectivity index (χ1) is 32.0. The number of aromatic amines is 1. The number of H-pyrrole nitrogens is 1. The minimum Gasteiger partial charge on any atom is -0.511 e. The maximum atomic E-state index is 13.5. The van der Waals surface area contributed by atoms with Gasteiger partial charge in [0.05, 0.1) is 40.8 Å². The number of allylic oxidation sites excluding steroid dienone is 8. The number of carboxylic acids is 4. The van der Waals surface area contributed by atoms with Gasteiger partial charge in [-0.25, -0.2) is 34.2 Å². The van der Waals surface area contributed by atoms with Gasteiger partial charge in [0, 0.05) is 53.1 Å². The second-order valence-corrected chi connectivity index (χ2v) is 18.1. The van der Waals surface area contributed by atoms with E-state index in [0.29, 0.717) is 39.5 Å². The van der Waals surface area contributed by atoms with Gasteiger partial charge in [-0.15, -0.1) is 0 Å². The van der Waals surface area contributed by atoms with Crippen LogP contribution in [0.5, 0.6) is 0 Å². The molecule has 0 fully saturated rings. The van der Waals surface area contributed by atoms with Crippen molar-refractivity contribution in [2.75, 3.05) is 6.61 Å². The van der Waals surface area contributed by atoms with Crippen LogP contribution in [0.3, 0.4) is 0 Å². The van der Waals surface area contributed by atoms with Crippen LogP contribution in [0.2, 0.25) is 0 Å². The van der Waals surface area contributed by atoms with Gasteiger partial charge >= 0.3 is 31.6 Å². The number of nitrogens with zero attached hydrogens (tertiary/aromatic N) is 3. The Labute approximate surface area is 388 Å². The highest BCUT2D eigenvalue weighted by atomic mass is 31.2. The van der Waals surface area contributed by atoms with Crippen molar-refractivity contribution < 1.29 is 68.3 Å². The molecule has 5 heterocycles. The number of carboxylic acid groups (broad SMARTS) is 4. The van der Waals surface area contributed by atoms with Gasteiger partial charge in [-0.1, -0.05) is 19.6 Å². The largest absolute Gasteiger partial charge is 0.511 e. The Morgan fingerprint density at radius 1 is 0.809 bits per heavy atom. The van der Waals surface area contributed by atoms with Gasteiger partial charge in [-0.3, -0.25) is 23.7 Å². The Bertz CT molecular complexity index is 2920. The van der Waals surface area contributed by atoms with Gasteiger partial charge in [0.25, 0.3) is 0 Å². The van der Waals surface area contributed by atoms with Crippen molar-refractivity contribution in [3.63, 3.8) is 0 Å². The number of hydrogen-bond acceptors (Lipinski definition) is 12. The topological polar surface area (TPSA) is 339 Å². The zero-order chi connectivity index (χ0) is 49.9. The van der Waals surface area contributed by atoms with E-state index in [1.54, 1.807) is 11.2 Å². The summed E-state index contributed by atoms with van der Waals surface area (Å²) in [4.78, 5) is 101. The molecule has 5 aliphatic rings. The van der Waals surface area contributed by atoms with Gasteiger partial charge in [0.15, 0.2) is 6.04 Å². The molecule has 0 saturated heterocycles. The van der Waals surface area contributed by atoms with Crippen molar-refractivity contribution in [3.8, 4) is 0 Å². The number of fused-ring (bicyclic) bond motifs is 5. The van der Waals surface area contributed by atoms with Gasteiger partial charge in [0.1, 0.15) is 17.8 Å². The second kappa shape index (κ2) is 20.4. The Hall–Kier alpha value is -7.06. The second-order valence-electron chi connectivity index (χ2n) is 16.6.